The second kappa shape index (κ2) is 6.95. The van der Waals surface area contributed by atoms with Crippen molar-refractivity contribution in [1.29, 1.82) is 0 Å². The van der Waals surface area contributed by atoms with E-state index in [1.54, 1.807) is 0 Å². The molecular formula is C12H20NP. The molecule has 0 aliphatic heterocycles. The van der Waals surface area contributed by atoms with Gasteiger partial charge >= 0.3 is 0 Å². The normalized spacial score (nSPS) is 11.2. The van der Waals surface area contributed by atoms with E-state index in [1.165, 1.54) is 44.1 Å². The van der Waals surface area contributed by atoms with Crippen LogP contribution in [0.3, 0.4) is 0 Å². The van der Waals surface area contributed by atoms with Gasteiger partial charge in [0.2, 0.25) is 0 Å². The van der Waals surface area contributed by atoms with Crippen molar-refractivity contribution >= 4 is 13.6 Å². The number of rotatable bonds is 7. The molecule has 0 spiro atoms. The maximum Gasteiger partial charge on any atom is 0.104 e. The summed E-state index contributed by atoms with van der Waals surface area (Å²) >= 11 is 0. The number of aryl methyl sites for hydroxylation is 1. The summed E-state index contributed by atoms with van der Waals surface area (Å²) in [5.41, 5.74) is 11.3. The minimum atomic E-state index is 0.530. The fourth-order valence-electron chi connectivity index (χ4n) is 1.69. The van der Waals surface area contributed by atoms with E-state index in [1.807, 2.05) is 0 Å². The summed E-state index contributed by atoms with van der Waals surface area (Å²) in [5, 5.41) is 0. The van der Waals surface area contributed by atoms with E-state index in [0.717, 1.165) is 6.42 Å². The Hall–Kier alpha value is -0.420. The Balaban J connectivity index is 2.02. The van der Waals surface area contributed by atoms with E-state index in [4.69, 9.17) is 0 Å². The van der Waals surface area contributed by atoms with E-state index in [0.29, 0.717) is 13.6 Å². The van der Waals surface area contributed by atoms with Gasteiger partial charge in [-0.3, -0.25) is 0 Å². The highest BCUT2D eigenvalue weighted by atomic mass is 31.0. The van der Waals surface area contributed by atoms with Crippen molar-refractivity contribution in [2.24, 2.45) is 0 Å². The second-order valence-electron chi connectivity index (χ2n) is 3.87. The SMILES string of the molecule is CCCCCCCCc1cc[pH]c1[N]. The van der Waals surface area contributed by atoms with Crippen LogP contribution in [0.1, 0.15) is 51.0 Å². The van der Waals surface area contributed by atoms with Gasteiger partial charge in [-0.05, 0) is 24.2 Å². The summed E-state index contributed by atoms with van der Waals surface area (Å²) in [6.07, 6.45) is 9.03. The summed E-state index contributed by atoms with van der Waals surface area (Å²) in [5.74, 6) is 2.07. The fraction of sp³-hybridized carbons (Fsp3) is 0.667. The lowest BCUT2D eigenvalue weighted by molar-refractivity contribution is 0.608. The Bertz CT molecular complexity index is 242. The third-order valence-electron chi connectivity index (χ3n) is 2.61. The topological polar surface area (TPSA) is 22.3 Å². The van der Waals surface area contributed by atoms with Crippen molar-refractivity contribution in [3.05, 3.63) is 17.4 Å². The molecule has 1 heterocycles. The van der Waals surface area contributed by atoms with Crippen LogP contribution in [0.2, 0.25) is 0 Å². The van der Waals surface area contributed by atoms with Crippen molar-refractivity contribution in [3.8, 4) is 0 Å². The van der Waals surface area contributed by atoms with Crippen molar-refractivity contribution < 1.29 is 0 Å². The molecule has 0 aromatic carbocycles. The van der Waals surface area contributed by atoms with Gasteiger partial charge in [0.05, 0.1) is 0 Å². The quantitative estimate of drug-likeness (QED) is 0.597. The van der Waals surface area contributed by atoms with Crippen molar-refractivity contribution in [1.82, 2.24) is 5.73 Å². The summed E-state index contributed by atoms with van der Waals surface area (Å²) in [7, 11) is 0.530. The number of hydrogen-bond donors (Lipinski definition) is 0. The fourth-order valence-corrected chi connectivity index (χ4v) is 2.53. The molecule has 1 atom stereocenters. The first-order valence-electron chi connectivity index (χ1n) is 5.69. The lowest BCUT2D eigenvalue weighted by atomic mass is 10.1. The smallest absolute Gasteiger partial charge is 0.104 e. The predicted octanol–water partition coefficient (Wildman–Crippen LogP) is 4.32. The Kier molecular flexibility index (Phi) is 5.78. The van der Waals surface area contributed by atoms with Gasteiger partial charge in [-0.25, -0.2) is 0 Å². The standard InChI is InChI=1S/C12H20NP/c1-2-3-4-5-6-7-8-11-9-10-14-12(11)13/h9-10,14H,2-8H2,1H3. The zero-order valence-corrected chi connectivity index (χ0v) is 10.1. The first-order chi connectivity index (χ1) is 6.84. The Morgan fingerprint density at radius 1 is 1.14 bits per heavy atom. The van der Waals surface area contributed by atoms with Gasteiger partial charge in [-0.1, -0.05) is 45.1 Å². The van der Waals surface area contributed by atoms with Gasteiger partial charge in [0.25, 0.3) is 0 Å². The first-order valence-corrected chi connectivity index (χ1v) is 6.77. The molecule has 0 bridgehead atoms. The molecule has 1 nitrogen and oxygen atoms in total. The second-order valence-corrected chi connectivity index (χ2v) is 4.96. The average Bonchev–Trinajstić information content (AvgIpc) is 2.58. The molecular weight excluding hydrogens is 189 g/mol. The highest BCUT2D eigenvalue weighted by Gasteiger charge is 2.00. The minimum Gasteiger partial charge on any atom is -0.146 e. The highest BCUT2D eigenvalue weighted by Crippen LogP contribution is 2.27. The van der Waals surface area contributed by atoms with E-state index in [9.17, 15) is 5.73 Å². The van der Waals surface area contributed by atoms with Crippen LogP contribution < -0.4 is 5.73 Å². The zero-order valence-electron chi connectivity index (χ0n) is 9.05. The molecule has 0 N–H and O–H groups in total. The van der Waals surface area contributed by atoms with Gasteiger partial charge < -0.3 is 0 Å². The van der Waals surface area contributed by atoms with Gasteiger partial charge in [0.15, 0.2) is 0 Å². The molecule has 1 aromatic heterocycles. The van der Waals surface area contributed by atoms with E-state index < -0.39 is 0 Å². The molecule has 0 saturated heterocycles. The van der Waals surface area contributed by atoms with Gasteiger partial charge in [0, 0.05) is 0 Å². The molecule has 78 valence electrons. The van der Waals surface area contributed by atoms with E-state index >= 15 is 0 Å². The lowest BCUT2D eigenvalue weighted by Crippen LogP contribution is -1.84. The van der Waals surface area contributed by atoms with E-state index in [2.05, 4.69) is 18.8 Å². The van der Waals surface area contributed by atoms with Crippen molar-refractivity contribution in [3.63, 3.8) is 0 Å². The van der Waals surface area contributed by atoms with Gasteiger partial charge in [-0.15, -0.1) is 13.9 Å². The molecule has 1 aromatic rings. The molecule has 14 heavy (non-hydrogen) atoms. The number of nitrogens with zero attached hydrogens (tertiary/aromatic N) is 1. The van der Waals surface area contributed by atoms with Crippen LogP contribution in [0.25, 0.3) is 0 Å². The largest absolute Gasteiger partial charge is 0.146 e. The Labute approximate surface area is 89.2 Å². The van der Waals surface area contributed by atoms with Gasteiger partial charge in [0.1, 0.15) is 5.42 Å². The van der Waals surface area contributed by atoms with Crippen LogP contribution in [0, 0.1) is 0 Å². The molecule has 0 fully saturated rings. The first kappa shape index (κ1) is 11.7. The molecule has 2 heteroatoms. The maximum absolute atomic E-state index is 9.46. The zero-order chi connectivity index (χ0) is 10.2. The van der Waals surface area contributed by atoms with Crippen LogP contribution in [0.15, 0.2) is 11.9 Å². The Morgan fingerprint density at radius 3 is 2.50 bits per heavy atom. The number of unbranched alkanes of at least 4 members (excludes halogenated alkanes) is 5. The van der Waals surface area contributed by atoms with Gasteiger partial charge in [-0.2, -0.15) is 0 Å². The molecule has 0 aliphatic rings. The van der Waals surface area contributed by atoms with Crippen LogP contribution in [0.5, 0.6) is 0 Å². The summed E-state index contributed by atoms with van der Waals surface area (Å²) in [6, 6.07) is 2.08. The molecule has 1 rings (SSSR count). The monoisotopic (exact) mass is 209 g/mol. The molecule has 0 amide bonds. The molecule has 1 unspecified atom stereocenters. The lowest BCUT2D eigenvalue weighted by Gasteiger charge is -2.00. The highest BCUT2D eigenvalue weighted by molar-refractivity contribution is 7.33. The maximum atomic E-state index is 9.46. The third kappa shape index (κ3) is 4.19. The van der Waals surface area contributed by atoms with Crippen LogP contribution >= 0.6 is 8.19 Å². The summed E-state index contributed by atoms with van der Waals surface area (Å²) in [4.78, 5) is 0. The Morgan fingerprint density at radius 2 is 1.86 bits per heavy atom. The average molecular weight is 209 g/mol. The van der Waals surface area contributed by atoms with Crippen LogP contribution in [-0.4, -0.2) is 0 Å². The number of hydrogen-bond acceptors (Lipinski definition) is 0. The predicted molar refractivity (Wildman–Crippen MR) is 64.8 cm³/mol. The van der Waals surface area contributed by atoms with Crippen LogP contribution in [0.4, 0.5) is 5.42 Å². The van der Waals surface area contributed by atoms with Crippen LogP contribution in [-0.2, 0) is 6.42 Å². The third-order valence-corrected chi connectivity index (χ3v) is 3.54. The molecule has 0 aliphatic carbocycles. The molecule has 0 saturated carbocycles. The summed E-state index contributed by atoms with van der Waals surface area (Å²) < 4.78 is 0. The minimum absolute atomic E-state index is 0.530. The van der Waals surface area contributed by atoms with Crippen molar-refractivity contribution in [2.45, 2.75) is 51.9 Å². The van der Waals surface area contributed by atoms with Crippen molar-refractivity contribution in [2.75, 3.05) is 0 Å². The molecule has 2 radical (unpaired) electrons. The summed E-state index contributed by atoms with van der Waals surface area (Å²) in [6.45, 7) is 2.24. The van der Waals surface area contributed by atoms with E-state index in [-0.39, 0.29) is 0 Å².